The van der Waals surface area contributed by atoms with E-state index in [-0.39, 0.29) is 18.6 Å². The number of hydrogen-bond acceptors (Lipinski definition) is 3. The van der Waals surface area contributed by atoms with Crippen LogP contribution in [-0.2, 0) is 4.79 Å². The van der Waals surface area contributed by atoms with Crippen LogP contribution in [0.3, 0.4) is 0 Å². The molecule has 4 heteroatoms. The second kappa shape index (κ2) is 6.80. The monoisotopic (exact) mass is 214 g/mol. The molecule has 0 aromatic carbocycles. The van der Waals surface area contributed by atoms with Crippen molar-refractivity contribution in [3.63, 3.8) is 0 Å². The smallest absolute Gasteiger partial charge is 0.220 e. The van der Waals surface area contributed by atoms with Gasteiger partial charge in [0.15, 0.2) is 0 Å². The molecule has 2 unspecified atom stereocenters. The third kappa shape index (κ3) is 4.62. The van der Waals surface area contributed by atoms with Crippen molar-refractivity contribution in [1.29, 1.82) is 0 Å². The maximum absolute atomic E-state index is 11.6. The van der Waals surface area contributed by atoms with Gasteiger partial charge in [0, 0.05) is 6.42 Å². The van der Waals surface area contributed by atoms with Crippen molar-refractivity contribution in [3.05, 3.63) is 0 Å². The van der Waals surface area contributed by atoms with Crippen LogP contribution in [0, 0.1) is 5.92 Å². The first kappa shape index (κ1) is 12.5. The maximum Gasteiger partial charge on any atom is 0.220 e. The topological polar surface area (TPSA) is 61.4 Å². The highest BCUT2D eigenvalue weighted by atomic mass is 16.3. The summed E-state index contributed by atoms with van der Waals surface area (Å²) in [5.74, 6) is 0.541. The minimum atomic E-state index is -0.0750. The van der Waals surface area contributed by atoms with E-state index in [0.717, 1.165) is 32.4 Å². The predicted molar refractivity (Wildman–Crippen MR) is 59.5 cm³/mol. The summed E-state index contributed by atoms with van der Waals surface area (Å²) in [7, 11) is 0. The van der Waals surface area contributed by atoms with Crippen molar-refractivity contribution in [3.8, 4) is 0 Å². The second-order valence-corrected chi connectivity index (χ2v) is 4.27. The summed E-state index contributed by atoms with van der Waals surface area (Å²) in [4.78, 5) is 11.6. The molecule has 1 heterocycles. The van der Waals surface area contributed by atoms with Gasteiger partial charge in [-0.25, -0.2) is 0 Å². The number of hydrogen-bond donors (Lipinski definition) is 3. The molecule has 15 heavy (non-hydrogen) atoms. The highest BCUT2D eigenvalue weighted by molar-refractivity contribution is 5.76. The minimum absolute atomic E-state index is 0.0329. The molecular weight excluding hydrogens is 192 g/mol. The van der Waals surface area contributed by atoms with Gasteiger partial charge in [-0.15, -0.1) is 0 Å². The van der Waals surface area contributed by atoms with E-state index in [1.807, 2.05) is 6.92 Å². The number of aliphatic hydroxyl groups excluding tert-OH is 1. The fraction of sp³-hybridized carbons (Fsp3) is 0.909. The molecule has 1 aliphatic heterocycles. The molecule has 1 aliphatic rings. The highest BCUT2D eigenvalue weighted by Crippen LogP contribution is 2.13. The molecule has 0 saturated carbocycles. The summed E-state index contributed by atoms with van der Waals surface area (Å²) in [6.07, 6.45) is 3.67. The number of carbonyl (C=O) groups excluding carboxylic acids is 1. The molecule has 0 aliphatic carbocycles. The van der Waals surface area contributed by atoms with Crippen molar-refractivity contribution in [2.75, 3.05) is 19.7 Å². The third-order valence-corrected chi connectivity index (χ3v) is 2.95. The van der Waals surface area contributed by atoms with Crippen LogP contribution >= 0.6 is 0 Å². The number of rotatable bonds is 5. The standard InChI is InChI=1S/C11H22N2O2/c1-2-10(8-14)13-11(15)6-9-4-3-5-12-7-9/h9-10,12,14H,2-8H2,1H3,(H,13,15). The van der Waals surface area contributed by atoms with Crippen LogP contribution in [0.1, 0.15) is 32.6 Å². The van der Waals surface area contributed by atoms with Gasteiger partial charge in [0.25, 0.3) is 0 Å². The van der Waals surface area contributed by atoms with Crippen LogP contribution in [0.15, 0.2) is 0 Å². The second-order valence-electron chi connectivity index (χ2n) is 4.27. The molecule has 4 nitrogen and oxygen atoms in total. The normalized spacial score (nSPS) is 23.5. The van der Waals surface area contributed by atoms with Crippen LogP contribution in [0.5, 0.6) is 0 Å². The first-order chi connectivity index (χ1) is 7.26. The molecule has 0 radical (unpaired) electrons. The number of piperidine rings is 1. The first-order valence-corrected chi connectivity index (χ1v) is 5.87. The van der Waals surface area contributed by atoms with Crippen LogP contribution in [0.25, 0.3) is 0 Å². The van der Waals surface area contributed by atoms with Gasteiger partial charge in [0.05, 0.1) is 12.6 Å². The van der Waals surface area contributed by atoms with Gasteiger partial charge in [-0.05, 0) is 38.3 Å². The van der Waals surface area contributed by atoms with E-state index >= 15 is 0 Å². The zero-order valence-electron chi connectivity index (χ0n) is 9.46. The first-order valence-electron chi connectivity index (χ1n) is 5.87. The van der Waals surface area contributed by atoms with E-state index < -0.39 is 0 Å². The third-order valence-electron chi connectivity index (χ3n) is 2.95. The van der Waals surface area contributed by atoms with Crippen molar-refractivity contribution in [1.82, 2.24) is 10.6 Å². The Bertz CT molecular complexity index is 187. The predicted octanol–water partition coefficient (Wildman–Crippen LogP) is 0.263. The Morgan fingerprint density at radius 1 is 1.67 bits per heavy atom. The number of aliphatic hydroxyl groups is 1. The van der Waals surface area contributed by atoms with Gasteiger partial charge in [-0.2, -0.15) is 0 Å². The van der Waals surface area contributed by atoms with Crippen molar-refractivity contribution >= 4 is 5.91 Å². The van der Waals surface area contributed by atoms with Crippen LogP contribution < -0.4 is 10.6 Å². The van der Waals surface area contributed by atoms with Gasteiger partial charge in [0.1, 0.15) is 0 Å². The quantitative estimate of drug-likeness (QED) is 0.615. The van der Waals surface area contributed by atoms with Crippen LogP contribution in [0.4, 0.5) is 0 Å². The molecule has 1 amide bonds. The average molecular weight is 214 g/mol. The lowest BCUT2D eigenvalue weighted by atomic mass is 9.96. The van der Waals surface area contributed by atoms with E-state index in [2.05, 4.69) is 10.6 Å². The van der Waals surface area contributed by atoms with Crippen molar-refractivity contribution in [2.45, 2.75) is 38.6 Å². The fourth-order valence-corrected chi connectivity index (χ4v) is 1.92. The van der Waals surface area contributed by atoms with E-state index in [1.54, 1.807) is 0 Å². The largest absolute Gasteiger partial charge is 0.394 e. The molecule has 88 valence electrons. The summed E-state index contributed by atoms with van der Waals surface area (Å²) >= 11 is 0. The van der Waals surface area contributed by atoms with Crippen LogP contribution in [-0.4, -0.2) is 36.8 Å². The van der Waals surface area contributed by atoms with E-state index in [1.165, 1.54) is 0 Å². The van der Waals surface area contributed by atoms with E-state index in [4.69, 9.17) is 5.11 Å². The summed E-state index contributed by atoms with van der Waals surface area (Å²) in [6.45, 7) is 4.02. The molecule has 0 aromatic rings. The number of nitrogens with one attached hydrogen (secondary N) is 2. The van der Waals surface area contributed by atoms with Gasteiger partial charge in [0.2, 0.25) is 5.91 Å². The molecule has 0 bridgehead atoms. The zero-order valence-corrected chi connectivity index (χ0v) is 9.46. The molecule has 1 rings (SSSR count). The Hall–Kier alpha value is -0.610. The summed E-state index contributed by atoms with van der Waals surface area (Å²) in [5.41, 5.74) is 0. The Kier molecular flexibility index (Phi) is 5.65. The lowest BCUT2D eigenvalue weighted by Crippen LogP contribution is -2.39. The maximum atomic E-state index is 11.6. The lowest BCUT2D eigenvalue weighted by molar-refractivity contribution is -0.123. The number of amides is 1. The Labute approximate surface area is 91.4 Å². The van der Waals surface area contributed by atoms with Crippen molar-refractivity contribution in [2.24, 2.45) is 5.92 Å². The molecule has 3 N–H and O–H groups in total. The van der Waals surface area contributed by atoms with Crippen molar-refractivity contribution < 1.29 is 9.90 Å². The summed E-state index contributed by atoms with van der Waals surface area (Å²) in [5, 5.41) is 15.1. The van der Waals surface area contributed by atoms with Gasteiger partial charge < -0.3 is 15.7 Å². The molecular formula is C11H22N2O2. The highest BCUT2D eigenvalue weighted by Gasteiger charge is 2.17. The fourth-order valence-electron chi connectivity index (χ4n) is 1.92. The zero-order chi connectivity index (χ0) is 11.1. The molecule has 1 fully saturated rings. The Morgan fingerprint density at radius 3 is 3.00 bits per heavy atom. The molecule has 2 atom stereocenters. The van der Waals surface area contributed by atoms with Crippen LogP contribution in [0.2, 0.25) is 0 Å². The van der Waals surface area contributed by atoms with E-state index in [0.29, 0.717) is 12.3 Å². The Balaban J connectivity index is 2.21. The van der Waals surface area contributed by atoms with Gasteiger partial charge in [-0.3, -0.25) is 4.79 Å². The number of carbonyl (C=O) groups is 1. The lowest BCUT2D eigenvalue weighted by Gasteiger charge is -2.23. The molecule has 1 saturated heterocycles. The summed E-state index contributed by atoms with van der Waals surface area (Å²) in [6, 6.07) is -0.0750. The molecule has 0 spiro atoms. The SMILES string of the molecule is CCC(CO)NC(=O)CC1CCCNC1. The Morgan fingerprint density at radius 2 is 2.47 bits per heavy atom. The van der Waals surface area contributed by atoms with Gasteiger partial charge >= 0.3 is 0 Å². The summed E-state index contributed by atoms with van der Waals surface area (Å²) < 4.78 is 0. The molecule has 0 aromatic heterocycles. The minimum Gasteiger partial charge on any atom is -0.394 e. The van der Waals surface area contributed by atoms with E-state index in [9.17, 15) is 4.79 Å². The average Bonchev–Trinajstić information content (AvgIpc) is 2.27. The van der Waals surface area contributed by atoms with Gasteiger partial charge in [-0.1, -0.05) is 6.92 Å².